The molecule has 0 bridgehead atoms. The summed E-state index contributed by atoms with van der Waals surface area (Å²) in [6.45, 7) is 4.18. The van der Waals surface area contributed by atoms with Crippen LogP contribution in [0, 0.1) is 12.8 Å². The number of nitrogens with zero attached hydrogens (tertiary/aromatic N) is 1. The second-order valence-electron chi connectivity index (χ2n) is 8.07. The molecule has 3 aromatic rings. The number of aryl methyl sites for hydroxylation is 1. The summed E-state index contributed by atoms with van der Waals surface area (Å²) in [5.41, 5.74) is 2.64. The van der Waals surface area contributed by atoms with E-state index in [1.165, 1.54) is 29.8 Å². The highest BCUT2D eigenvalue weighted by Gasteiger charge is 2.27. The lowest BCUT2D eigenvalue weighted by Gasteiger charge is -2.25. The van der Waals surface area contributed by atoms with Gasteiger partial charge in [-0.05, 0) is 61.2 Å². The Kier molecular flexibility index (Phi) is 8.53. The number of carbonyl (C=O) groups is 1. The standard InChI is InChI=1S/C26H29ClN2O3S/c1-3-21(17-22-7-5-4-6-8-22)18-28-26(30)19-29(24-13-9-20(2)10-14-24)33(31,32)25-15-11-23(27)12-16-25/h4-16,21H,3,17-19H2,1-2H3,(H,28,30). The molecule has 0 fully saturated rings. The molecule has 1 amide bonds. The summed E-state index contributed by atoms with van der Waals surface area (Å²) < 4.78 is 27.9. The molecule has 0 aliphatic heterocycles. The maximum atomic E-state index is 13.4. The van der Waals surface area contributed by atoms with Gasteiger partial charge in [0.05, 0.1) is 10.6 Å². The number of carbonyl (C=O) groups excluding carboxylic acids is 1. The van der Waals surface area contributed by atoms with Crippen LogP contribution in [0.15, 0.2) is 83.8 Å². The molecular weight excluding hydrogens is 456 g/mol. The van der Waals surface area contributed by atoms with Crippen LogP contribution in [-0.4, -0.2) is 27.4 Å². The Labute approximate surface area is 201 Å². The summed E-state index contributed by atoms with van der Waals surface area (Å²) in [5, 5.41) is 3.37. The van der Waals surface area contributed by atoms with Gasteiger partial charge in [0.15, 0.2) is 0 Å². The van der Waals surface area contributed by atoms with Crippen LogP contribution in [0.2, 0.25) is 5.02 Å². The van der Waals surface area contributed by atoms with Gasteiger partial charge in [-0.3, -0.25) is 9.10 Å². The fraction of sp³-hybridized carbons (Fsp3) is 0.269. The SMILES string of the molecule is CCC(CNC(=O)CN(c1ccc(C)cc1)S(=O)(=O)c1ccc(Cl)cc1)Cc1ccccc1. The molecule has 1 N–H and O–H groups in total. The average Bonchev–Trinajstić information content (AvgIpc) is 2.81. The van der Waals surface area contributed by atoms with Crippen LogP contribution in [0.1, 0.15) is 24.5 Å². The molecule has 1 unspecified atom stereocenters. The number of rotatable bonds is 10. The lowest BCUT2D eigenvalue weighted by atomic mass is 9.97. The van der Waals surface area contributed by atoms with Crippen molar-refractivity contribution >= 4 is 33.2 Å². The Morgan fingerprint density at radius 3 is 2.21 bits per heavy atom. The quantitative estimate of drug-likeness (QED) is 0.428. The first-order valence-electron chi connectivity index (χ1n) is 10.9. The summed E-state index contributed by atoms with van der Waals surface area (Å²) in [7, 11) is -3.96. The van der Waals surface area contributed by atoms with Crippen molar-refractivity contribution in [2.75, 3.05) is 17.4 Å². The number of hydrogen-bond acceptors (Lipinski definition) is 3. The molecule has 174 valence electrons. The topological polar surface area (TPSA) is 66.5 Å². The zero-order valence-electron chi connectivity index (χ0n) is 18.9. The molecule has 3 aromatic carbocycles. The molecule has 0 aliphatic carbocycles. The Balaban J connectivity index is 1.76. The minimum atomic E-state index is -3.96. The van der Waals surface area contributed by atoms with Gasteiger partial charge in [0.1, 0.15) is 6.54 Å². The van der Waals surface area contributed by atoms with E-state index in [1.807, 2.05) is 37.3 Å². The molecule has 1 atom stereocenters. The van der Waals surface area contributed by atoms with E-state index in [1.54, 1.807) is 12.1 Å². The van der Waals surface area contributed by atoms with E-state index in [4.69, 9.17) is 11.6 Å². The summed E-state index contributed by atoms with van der Waals surface area (Å²) in [6.07, 6.45) is 1.75. The van der Waals surface area contributed by atoms with Crippen LogP contribution < -0.4 is 9.62 Å². The molecule has 7 heteroatoms. The van der Waals surface area contributed by atoms with E-state index in [2.05, 4.69) is 24.4 Å². The molecule has 0 radical (unpaired) electrons. The zero-order chi connectivity index (χ0) is 23.8. The van der Waals surface area contributed by atoms with Crippen molar-refractivity contribution in [2.24, 2.45) is 5.92 Å². The van der Waals surface area contributed by atoms with Gasteiger partial charge < -0.3 is 5.32 Å². The molecule has 0 saturated carbocycles. The maximum absolute atomic E-state index is 13.4. The van der Waals surface area contributed by atoms with Crippen molar-refractivity contribution in [3.63, 3.8) is 0 Å². The van der Waals surface area contributed by atoms with E-state index >= 15 is 0 Å². The largest absolute Gasteiger partial charge is 0.354 e. The van der Waals surface area contributed by atoms with E-state index < -0.39 is 10.0 Å². The maximum Gasteiger partial charge on any atom is 0.264 e. The van der Waals surface area contributed by atoms with Gasteiger partial charge in [-0.15, -0.1) is 0 Å². The number of sulfonamides is 1. The van der Waals surface area contributed by atoms with Gasteiger partial charge in [-0.2, -0.15) is 0 Å². The Bertz CT molecular complexity index is 1150. The van der Waals surface area contributed by atoms with Crippen LogP contribution >= 0.6 is 11.6 Å². The monoisotopic (exact) mass is 484 g/mol. The first-order valence-corrected chi connectivity index (χ1v) is 12.8. The van der Waals surface area contributed by atoms with Crippen LogP contribution in [0.3, 0.4) is 0 Å². The number of benzene rings is 3. The molecule has 0 aliphatic rings. The molecule has 5 nitrogen and oxygen atoms in total. The fourth-order valence-electron chi connectivity index (χ4n) is 3.51. The summed E-state index contributed by atoms with van der Waals surface area (Å²) in [6, 6.07) is 23.1. The molecule has 33 heavy (non-hydrogen) atoms. The van der Waals surface area contributed by atoms with Crippen LogP contribution in [0.4, 0.5) is 5.69 Å². The lowest BCUT2D eigenvalue weighted by Crippen LogP contribution is -2.42. The number of nitrogens with one attached hydrogen (secondary N) is 1. The van der Waals surface area contributed by atoms with Crippen molar-refractivity contribution in [3.8, 4) is 0 Å². The number of hydrogen-bond donors (Lipinski definition) is 1. The third-order valence-electron chi connectivity index (χ3n) is 5.54. The van der Waals surface area contributed by atoms with Gasteiger partial charge in [0.25, 0.3) is 10.0 Å². The number of halogens is 1. The van der Waals surface area contributed by atoms with Crippen LogP contribution in [-0.2, 0) is 21.2 Å². The van der Waals surface area contributed by atoms with Gasteiger partial charge in [-0.25, -0.2) is 8.42 Å². The second-order valence-corrected chi connectivity index (χ2v) is 10.4. The van der Waals surface area contributed by atoms with Crippen LogP contribution in [0.5, 0.6) is 0 Å². The van der Waals surface area contributed by atoms with E-state index in [0.717, 1.165) is 22.7 Å². The van der Waals surface area contributed by atoms with Crippen LogP contribution in [0.25, 0.3) is 0 Å². The van der Waals surface area contributed by atoms with Crippen molar-refractivity contribution < 1.29 is 13.2 Å². The molecular formula is C26H29ClN2O3S. The molecule has 0 spiro atoms. The minimum Gasteiger partial charge on any atom is -0.354 e. The Morgan fingerprint density at radius 2 is 1.61 bits per heavy atom. The normalized spacial score (nSPS) is 12.2. The minimum absolute atomic E-state index is 0.0794. The van der Waals surface area contributed by atoms with Gasteiger partial charge in [-0.1, -0.05) is 73.0 Å². The third-order valence-corrected chi connectivity index (χ3v) is 7.58. The zero-order valence-corrected chi connectivity index (χ0v) is 20.4. The van der Waals surface area contributed by atoms with E-state index in [0.29, 0.717) is 17.3 Å². The number of amides is 1. The highest BCUT2D eigenvalue weighted by atomic mass is 35.5. The van der Waals surface area contributed by atoms with Crippen molar-refractivity contribution in [3.05, 3.63) is 95.0 Å². The Morgan fingerprint density at radius 1 is 0.970 bits per heavy atom. The van der Waals surface area contributed by atoms with E-state index in [9.17, 15) is 13.2 Å². The lowest BCUT2D eigenvalue weighted by molar-refractivity contribution is -0.119. The third kappa shape index (κ3) is 6.83. The van der Waals surface area contributed by atoms with Crippen molar-refractivity contribution in [1.82, 2.24) is 5.32 Å². The fourth-order valence-corrected chi connectivity index (χ4v) is 5.06. The van der Waals surface area contributed by atoms with Gasteiger partial charge >= 0.3 is 0 Å². The van der Waals surface area contributed by atoms with E-state index in [-0.39, 0.29) is 23.3 Å². The first-order chi connectivity index (χ1) is 15.8. The molecule has 3 rings (SSSR count). The smallest absolute Gasteiger partial charge is 0.264 e. The number of anilines is 1. The molecule has 0 heterocycles. The highest BCUT2D eigenvalue weighted by Crippen LogP contribution is 2.25. The summed E-state index contributed by atoms with van der Waals surface area (Å²) >= 11 is 5.93. The molecule has 0 aromatic heterocycles. The second kappa shape index (κ2) is 11.3. The predicted molar refractivity (Wildman–Crippen MR) is 134 cm³/mol. The molecule has 0 saturated heterocycles. The van der Waals surface area contributed by atoms with Gasteiger partial charge in [0, 0.05) is 11.6 Å². The first kappa shape index (κ1) is 24.8. The predicted octanol–water partition coefficient (Wildman–Crippen LogP) is 5.23. The van der Waals surface area contributed by atoms with Crippen molar-refractivity contribution in [2.45, 2.75) is 31.6 Å². The highest BCUT2D eigenvalue weighted by molar-refractivity contribution is 7.92. The Hall–Kier alpha value is -2.83. The summed E-state index contributed by atoms with van der Waals surface area (Å²) in [5.74, 6) is -0.0864. The summed E-state index contributed by atoms with van der Waals surface area (Å²) in [4.78, 5) is 12.9. The average molecular weight is 485 g/mol. The van der Waals surface area contributed by atoms with Crippen molar-refractivity contribution in [1.29, 1.82) is 0 Å². The van der Waals surface area contributed by atoms with Gasteiger partial charge in [0.2, 0.25) is 5.91 Å².